The zero-order chi connectivity index (χ0) is 16.6. The average molecular weight is 325 g/mol. The summed E-state index contributed by atoms with van der Waals surface area (Å²) in [4.78, 5) is 2.64. The molecule has 1 aromatic carbocycles. The summed E-state index contributed by atoms with van der Waals surface area (Å²) in [5, 5.41) is 9.06. The second-order valence-corrected chi connectivity index (χ2v) is 7.96. The fourth-order valence-corrected chi connectivity index (χ4v) is 4.73. The van der Waals surface area contributed by atoms with Crippen LogP contribution in [0.5, 0.6) is 0 Å². The predicted octanol–water partition coefficient (Wildman–Crippen LogP) is 5.17. The third kappa shape index (κ3) is 5.35. The van der Waals surface area contributed by atoms with Crippen molar-refractivity contribution >= 4 is 0 Å². The first-order valence-corrected chi connectivity index (χ1v) is 10.0. The van der Waals surface area contributed by atoms with Crippen molar-refractivity contribution in [3.8, 4) is 6.07 Å². The Morgan fingerprint density at radius 3 is 2.71 bits per heavy atom. The first-order chi connectivity index (χ1) is 11.8. The van der Waals surface area contributed by atoms with E-state index in [-0.39, 0.29) is 0 Å². The molecule has 0 radical (unpaired) electrons. The van der Waals surface area contributed by atoms with Gasteiger partial charge in [0.2, 0.25) is 0 Å². The van der Waals surface area contributed by atoms with E-state index >= 15 is 0 Å². The first kappa shape index (κ1) is 17.5. The van der Waals surface area contributed by atoms with Crippen LogP contribution in [0.15, 0.2) is 24.3 Å². The van der Waals surface area contributed by atoms with E-state index in [1.165, 1.54) is 89.4 Å². The van der Waals surface area contributed by atoms with Crippen molar-refractivity contribution in [2.24, 2.45) is 11.8 Å². The summed E-state index contributed by atoms with van der Waals surface area (Å²) in [5.41, 5.74) is 2.16. The average Bonchev–Trinajstić information content (AvgIpc) is 3.13. The van der Waals surface area contributed by atoms with Crippen LogP contribution in [-0.2, 0) is 6.42 Å². The zero-order valence-electron chi connectivity index (χ0n) is 15.1. The summed E-state index contributed by atoms with van der Waals surface area (Å²) in [6.45, 7) is 4.01. The third-order valence-corrected chi connectivity index (χ3v) is 6.01. The van der Waals surface area contributed by atoms with Gasteiger partial charge in [0.15, 0.2) is 0 Å². The summed E-state index contributed by atoms with van der Waals surface area (Å²) >= 11 is 0. The van der Waals surface area contributed by atoms with Crippen LogP contribution in [0.2, 0.25) is 0 Å². The molecule has 1 heterocycles. The predicted molar refractivity (Wildman–Crippen MR) is 99.8 cm³/mol. The van der Waals surface area contributed by atoms with Gasteiger partial charge in [-0.3, -0.25) is 0 Å². The van der Waals surface area contributed by atoms with E-state index in [1.807, 2.05) is 12.1 Å². The minimum absolute atomic E-state index is 0.807. The van der Waals surface area contributed by atoms with Crippen LogP contribution < -0.4 is 0 Å². The standard InChI is InChI=1S/C22H32N2/c23-18-22-11-6-10-21(17-22)16-20-9-5-8-19(15-20)7-1-2-12-24-13-3-4-14-24/h6,10-11,17,19-20H,1-5,7-9,12-16H2. The molecule has 1 saturated heterocycles. The Kier molecular flexibility index (Phi) is 6.73. The largest absolute Gasteiger partial charge is 0.303 e. The van der Waals surface area contributed by atoms with Crippen molar-refractivity contribution in [2.45, 2.75) is 64.2 Å². The molecule has 0 spiro atoms. The quantitative estimate of drug-likeness (QED) is 0.647. The van der Waals surface area contributed by atoms with Gasteiger partial charge in [-0.1, -0.05) is 44.2 Å². The Balaban J connectivity index is 1.38. The Morgan fingerprint density at radius 1 is 1.04 bits per heavy atom. The molecule has 2 nitrogen and oxygen atoms in total. The lowest BCUT2D eigenvalue weighted by Crippen LogP contribution is -2.21. The van der Waals surface area contributed by atoms with Crippen molar-refractivity contribution in [3.63, 3.8) is 0 Å². The number of nitriles is 1. The zero-order valence-corrected chi connectivity index (χ0v) is 15.1. The van der Waals surface area contributed by atoms with Crippen LogP contribution in [0.25, 0.3) is 0 Å². The maximum absolute atomic E-state index is 9.06. The molecule has 0 N–H and O–H groups in total. The fraction of sp³-hybridized carbons (Fsp3) is 0.682. The smallest absolute Gasteiger partial charge is 0.0991 e. The molecule has 0 amide bonds. The van der Waals surface area contributed by atoms with Crippen LogP contribution >= 0.6 is 0 Å². The van der Waals surface area contributed by atoms with Crippen molar-refractivity contribution in [1.82, 2.24) is 4.90 Å². The summed E-state index contributed by atoms with van der Waals surface area (Å²) in [5.74, 6) is 1.78. The van der Waals surface area contributed by atoms with Crippen LogP contribution in [0.3, 0.4) is 0 Å². The minimum Gasteiger partial charge on any atom is -0.303 e. The van der Waals surface area contributed by atoms with Crippen LogP contribution in [-0.4, -0.2) is 24.5 Å². The Labute approximate surface area is 147 Å². The SMILES string of the molecule is N#Cc1cccc(CC2CCCC(CCCCN3CCCC3)C2)c1. The molecule has 3 rings (SSSR count). The van der Waals surface area contributed by atoms with Crippen molar-refractivity contribution < 1.29 is 0 Å². The van der Waals surface area contributed by atoms with E-state index in [0.717, 1.165) is 17.4 Å². The highest BCUT2D eigenvalue weighted by molar-refractivity contribution is 5.32. The molecular formula is C22H32N2. The number of nitrogens with zero attached hydrogens (tertiary/aromatic N) is 2. The summed E-state index contributed by atoms with van der Waals surface area (Å²) < 4.78 is 0. The van der Waals surface area contributed by atoms with Gasteiger partial charge in [0.05, 0.1) is 11.6 Å². The molecule has 1 aliphatic heterocycles. The van der Waals surface area contributed by atoms with Crippen LogP contribution in [0.1, 0.15) is 68.9 Å². The van der Waals surface area contributed by atoms with Crippen molar-refractivity contribution in [3.05, 3.63) is 35.4 Å². The maximum atomic E-state index is 9.06. The van der Waals surface area contributed by atoms with Gasteiger partial charge in [0, 0.05) is 0 Å². The van der Waals surface area contributed by atoms with E-state index in [4.69, 9.17) is 5.26 Å². The van der Waals surface area contributed by atoms with Gasteiger partial charge in [-0.15, -0.1) is 0 Å². The molecule has 0 aromatic heterocycles. The number of benzene rings is 1. The monoisotopic (exact) mass is 324 g/mol. The van der Waals surface area contributed by atoms with Gasteiger partial charge < -0.3 is 4.90 Å². The summed E-state index contributed by atoms with van der Waals surface area (Å²) in [6.07, 6.45) is 13.9. The molecule has 2 aliphatic rings. The van der Waals surface area contributed by atoms with E-state index in [9.17, 15) is 0 Å². The fourth-order valence-electron chi connectivity index (χ4n) is 4.73. The minimum atomic E-state index is 0.807. The molecular weight excluding hydrogens is 292 g/mol. The van der Waals surface area contributed by atoms with Gasteiger partial charge in [-0.05, 0) is 81.3 Å². The second-order valence-electron chi connectivity index (χ2n) is 7.96. The lowest BCUT2D eigenvalue weighted by Gasteiger charge is -2.29. The molecule has 2 unspecified atom stereocenters. The van der Waals surface area contributed by atoms with Crippen LogP contribution in [0.4, 0.5) is 0 Å². The van der Waals surface area contributed by atoms with E-state index in [0.29, 0.717) is 0 Å². The maximum Gasteiger partial charge on any atom is 0.0991 e. The van der Waals surface area contributed by atoms with Crippen molar-refractivity contribution in [2.75, 3.05) is 19.6 Å². The molecule has 0 bridgehead atoms. The van der Waals surface area contributed by atoms with Gasteiger partial charge in [0.25, 0.3) is 0 Å². The number of hydrogen-bond donors (Lipinski definition) is 0. The molecule has 1 saturated carbocycles. The molecule has 1 aromatic rings. The normalized spacial score (nSPS) is 24.8. The van der Waals surface area contributed by atoms with E-state index in [1.54, 1.807) is 0 Å². The highest BCUT2D eigenvalue weighted by Gasteiger charge is 2.22. The molecule has 1 aliphatic carbocycles. The van der Waals surface area contributed by atoms with Crippen LogP contribution in [0, 0.1) is 23.2 Å². The number of unbranched alkanes of at least 4 members (excludes halogenated alkanes) is 1. The van der Waals surface area contributed by atoms with E-state index < -0.39 is 0 Å². The Bertz CT molecular complexity index is 539. The first-order valence-electron chi connectivity index (χ1n) is 10.0. The topological polar surface area (TPSA) is 27.0 Å². The number of hydrogen-bond acceptors (Lipinski definition) is 2. The highest BCUT2D eigenvalue weighted by Crippen LogP contribution is 2.34. The highest BCUT2D eigenvalue weighted by atomic mass is 15.1. The molecule has 2 atom stereocenters. The number of likely N-dealkylation sites (tertiary alicyclic amines) is 1. The molecule has 130 valence electrons. The Hall–Kier alpha value is -1.33. The lowest BCUT2D eigenvalue weighted by molar-refractivity contribution is 0.243. The Morgan fingerprint density at radius 2 is 1.88 bits per heavy atom. The number of rotatable bonds is 7. The van der Waals surface area contributed by atoms with Gasteiger partial charge >= 0.3 is 0 Å². The van der Waals surface area contributed by atoms with Crippen molar-refractivity contribution in [1.29, 1.82) is 5.26 Å². The van der Waals surface area contributed by atoms with Gasteiger partial charge in [-0.2, -0.15) is 5.26 Å². The molecule has 2 heteroatoms. The lowest BCUT2D eigenvalue weighted by atomic mass is 9.77. The third-order valence-electron chi connectivity index (χ3n) is 6.01. The molecule has 2 fully saturated rings. The van der Waals surface area contributed by atoms with Gasteiger partial charge in [0.1, 0.15) is 0 Å². The van der Waals surface area contributed by atoms with E-state index in [2.05, 4.69) is 23.1 Å². The molecule has 24 heavy (non-hydrogen) atoms. The second kappa shape index (κ2) is 9.23. The van der Waals surface area contributed by atoms with Gasteiger partial charge in [-0.25, -0.2) is 0 Å². The summed E-state index contributed by atoms with van der Waals surface area (Å²) in [7, 11) is 0. The summed E-state index contributed by atoms with van der Waals surface area (Å²) in [6, 6.07) is 10.5.